The van der Waals surface area contributed by atoms with E-state index in [1.54, 1.807) is 6.21 Å². The van der Waals surface area contributed by atoms with Crippen molar-refractivity contribution >= 4 is 12.0 Å². The van der Waals surface area contributed by atoms with Gasteiger partial charge >= 0.3 is 0 Å². The summed E-state index contributed by atoms with van der Waals surface area (Å²) < 4.78 is 0. The van der Waals surface area contributed by atoms with Gasteiger partial charge in [0.15, 0.2) is 0 Å². The molecule has 1 aromatic carbocycles. The summed E-state index contributed by atoms with van der Waals surface area (Å²) in [5, 5.41) is 12.4. The van der Waals surface area contributed by atoms with Crippen LogP contribution in [0.5, 0.6) is 0 Å². The van der Waals surface area contributed by atoms with Crippen LogP contribution in [0.1, 0.15) is 0 Å². The predicted molar refractivity (Wildman–Crippen MR) is 62.3 cm³/mol. The number of allylic oxidation sites excluding steroid dienone is 1. The molecule has 0 aliphatic carbocycles. The third kappa shape index (κ3) is 1.55. The van der Waals surface area contributed by atoms with Gasteiger partial charge in [-0.15, -0.1) is 5.01 Å². The lowest BCUT2D eigenvalue weighted by molar-refractivity contribution is -0.781. The molecule has 0 saturated heterocycles. The summed E-state index contributed by atoms with van der Waals surface area (Å²) in [5.41, 5.74) is 2.05. The zero-order chi connectivity index (χ0) is 10.8. The predicted octanol–water partition coefficient (Wildman–Crippen LogP) is 1.11. The smallest absolute Gasteiger partial charge is 0.229 e. The van der Waals surface area contributed by atoms with E-state index in [9.17, 15) is 0 Å². The van der Waals surface area contributed by atoms with Crippen molar-refractivity contribution in [1.29, 1.82) is 0 Å². The molecule has 1 aromatic heterocycles. The van der Waals surface area contributed by atoms with Crippen LogP contribution in [-0.2, 0) is 0 Å². The molecular weight excluding hydrogens is 200 g/mol. The fourth-order valence-electron chi connectivity index (χ4n) is 1.67. The molecule has 2 aromatic rings. The van der Waals surface area contributed by atoms with Crippen LogP contribution < -0.4 is 5.01 Å². The molecule has 0 fully saturated rings. The molecule has 0 saturated carbocycles. The van der Waals surface area contributed by atoms with Gasteiger partial charge in [0.05, 0.1) is 18.0 Å². The monoisotopic (exact) mass is 211 g/mol. The van der Waals surface area contributed by atoms with Gasteiger partial charge in [-0.2, -0.15) is 5.10 Å². The number of aromatic amines is 1. The summed E-state index contributed by atoms with van der Waals surface area (Å²) in [5.74, 6) is 0.948. The Bertz CT molecular complexity index is 527. The number of hydrogen-bond acceptors (Lipinski definition) is 2. The van der Waals surface area contributed by atoms with Crippen LogP contribution >= 0.6 is 0 Å². The molecule has 2 N–H and O–H groups in total. The lowest BCUT2D eigenvalue weighted by Crippen LogP contribution is -2.96. The van der Waals surface area contributed by atoms with E-state index >= 15 is 0 Å². The lowest BCUT2D eigenvalue weighted by Gasteiger charge is -1.97. The zero-order valence-corrected chi connectivity index (χ0v) is 8.59. The maximum Gasteiger partial charge on any atom is 0.253 e. The largest absolute Gasteiger partial charge is 0.253 e. The number of quaternary nitrogens is 1. The van der Waals surface area contributed by atoms with E-state index in [0.29, 0.717) is 0 Å². The number of rotatable bonds is 2. The van der Waals surface area contributed by atoms with Crippen molar-refractivity contribution in [2.45, 2.75) is 0 Å². The highest BCUT2D eigenvalue weighted by atomic mass is 15.5. The van der Waals surface area contributed by atoms with Gasteiger partial charge in [0.25, 0.3) is 5.82 Å². The quantitative estimate of drug-likeness (QED) is 0.767. The molecule has 1 aliphatic heterocycles. The first-order valence-corrected chi connectivity index (χ1v) is 5.12. The van der Waals surface area contributed by atoms with Crippen molar-refractivity contribution in [1.82, 2.24) is 10.2 Å². The van der Waals surface area contributed by atoms with E-state index in [1.807, 2.05) is 48.7 Å². The topological polar surface area (TPSA) is 45.5 Å². The molecule has 0 bridgehead atoms. The standard InChI is InChI=1S/C12H10N4/c1-2-5-10(6-3-1)11-9-12(15-14-11)16-8-4-7-13-16/h1-9H,(H,14,15)/p+1. The van der Waals surface area contributed by atoms with E-state index < -0.39 is 0 Å². The summed E-state index contributed by atoms with van der Waals surface area (Å²) in [4.78, 5) is 0. The third-order valence-corrected chi connectivity index (χ3v) is 2.48. The average Bonchev–Trinajstić information content (AvgIpc) is 3.01. The molecule has 1 unspecified atom stereocenters. The Hall–Kier alpha value is -2.20. The first kappa shape index (κ1) is 9.06. The molecule has 4 heteroatoms. The Labute approximate surface area is 92.9 Å². The number of H-pyrrole nitrogens is 1. The molecule has 78 valence electrons. The van der Waals surface area contributed by atoms with Crippen molar-refractivity contribution in [3.63, 3.8) is 0 Å². The fraction of sp³-hybridized carbons (Fsp3) is 0. The van der Waals surface area contributed by atoms with Gasteiger partial charge in [0.1, 0.15) is 6.20 Å². The fourth-order valence-corrected chi connectivity index (χ4v) is 1.67. The highest BCUT2D eigenvalue weighted by Gasteiger charge is 2.14. The first-order valence-electron chi connectivity index (χ1n) is 5.12. The van der Waals surface area contributed by atoms with Gasteiger partial charge in [0.2, 0.25) is 0 Å². The number of benzene rings is 1. The maximum absolute atomic E-state index is 4.28. The summed E-state index contributed by atoms with van der Waals surface area (Å²) in [6.45, 7) is 0. The second kappa shape index (κ2) is 3.75. The Kier molecular flexibility index (Phi) is 2.12. The molecular formula is C12H11N4+. The van der Waals surface area contributed by atoms with E-state index in [4.69, 9.17) is 0 Å². The Balaban J connectivity index is 1.94. The SMILES string of the molecule is C1=C[NH+](c2cc(-c3ccccc3)n[nH]2)N=C1. The third-order valence-electron chi connectivity index (χ3n) is 2.48. The Morgan fingerprint density at radius 1 is 1.12 bits per heavy atom. The van der Waals surface area contributed by atoms with Gasteiger partial charge in [-0.1, -0.05) is 35.4 Å². The minimum absolute atomic E-state index is 0.926. The summed E-state index contributed by atoms with van der Waals surface area (Å²) in [6, 6.07) is 12.1. The van der Waals surface area contributed by atoms with Gasteiger partial charge < -0.3 is 0 Å². The Morgan fingerprint density at radius 2 is 2.00 bits per heavy atom. The molecule has 1 atom stereocenters. The lowest BCUT2D eigenvalue weighted by atomic mass is 10.2. The zero-order valence-electron chi connectivity index (χ0n) is 8.59. The van der Waals surface area contributed by atoms with Crippen LogP contribution in [0.3, 0.4) is 0 Å². The number of hydrogen-bond donors (Lipinski definition) is 2. The van der Waals surface area contributed by atoms with Crippen LogP contribution in [0.4, 0.5) is 5.82 Å². The second-order valence-electron chi connectivity index (χ2n) is 3.56. The second-order valence-corrected chi connectivity index (χ2v) is 3.56. The van der Waals surface area contributed by atoms with Gasteiger partial charge in [-0.25, -0.2) is 5.10 Å². The molecule has 4 nitrogen and oxygen atoms in total. The summed E-state index contributed by atoms with van der Waals surface area (Å²) >= 11 is 0. The van der Waals surface area contributed by atoms with Crippen LogP contribution in [0.2, 0.25) is 0 Å². The number of aromatic nitrogens is 2. The van der Waals surface area contributed by atoms with Gasteiger partial charge in [-0.3, -0.25) is 0 Å². The van der Waals surface area contributed by atoms with E-state index in [-0.39, 0.29) is 0 Å². The van der Waals surface area contributed by atoms with Crippen molar-refractivity contribution in [3.8, 4) is 11.3 Å². The molecule has 3 rings (SSSR count). The van der Waals surface area contributed by atoms with Crippen LogP contribution in [0.25, 0.3) is 11.3 Å². The van der Waals surface area contributed by atoms with Crippen LogP contribution in [-0.4, -0.2) is 16.4 Å². The van der Waals surface area contributed by atoms with Crippen LogP contribution in [0.15, 0.2) is 53.8 Å². The highest BCUT2D eigenvalue weighted by molar-refractivity contribution is 5.71. The summed E-state index contributed by atoms with van der Waals surface area (Å²) in [6.07, 6.45) is 5.65. The van der Waals surface area contributed by atoms with Crippen molar-refractivity contribution < 1.29 is 5.01 Å². The molecule has 0 spiro atoms. The minimum Gasteiger partial charge on any atom is -0.229 e. The number of nitrogens with one attached hydrogen (secondary N) is 2. The van der Waals surface area contributed by atoms with Gasteiger partial charge in [-0.05, 0) is 0 Å². The van der Waals surface area contributed by atoms with E-state index in [0.717, 1.165) is 22.1 Å². The maximum atomic E-state index is 4.28. The van der Waals surface area contributed by atoms with Crippen molar-refractivity contribution in [3.05, 3.63) is 48.7 Å². The highest BCUT2D eigenvalue weighted by Crippen LogP contribution is 2.17. The molecule has 16 heavy (non-hydrogen) atoms. The molecule has 0 amide bonds. The average molecular weight is 211 g/mol. The molecule has 1 aliphatic rings. The van der Waals surface area contributed by atoms with Gasteiger partial charge in [0, 0.05) is 11.6 Å². The first-order chi connectivity index (χ1) is 7.93. The molecule has 2 heterocycles. The minimum atomic E-state index is 0.926. The van der Waals surface area contributed by atoms with Crippen molar-refractivity contribution in [2.75, 3.05) is 0 Å². The number of nitrogens with zero attached hydrogens (tertiary/aromatic N) is 2. The van der Waals surface area contributed by atoms with Crippen LogP contribution in [0, 0.1) is 0 Å². The van der Waals surface area contributed by atoms with Crippen molar-refractivity contribution in [2.24, 2.45) is 5.10 Å². The Morgan fingerprint density at radius 3 is 2.75 bits per heavy atom. The summed E-state index contributed by atoms with van der Waals surface area (Å²) in [7, 11) is 0. The molecule has 0 radical (unpaired) electrons. The van der Waals surface area contributed by atoms with E-state index in [2.05, 4.69) is 15.3 Å². The normalized spacial score (nSPS) is 18.1. The van der Waals surface area contributed by atoms with E-state index in [1.165, 1.54) is 0 Å².